The predicted molar refractivity (Wildman–Crippen MR) is 97.2 cm³/mol. The lowest BCUT2D eigenvalue weighted by molar-refractivity contribution is 0.0773. The van der Waals surface area contributed by atoms with E-state index in [4.69, 9.17) is 0 Å². The molecule has 2 aromatic heterocycles. The highest BCUT2D eigenvalue weighted by Gasteiger charge is 2.16. The van der Waals surface area contributed by atoms with E-state index in [0.717, 1.165) is 5.69 Å². The van der Waals surface area contributed by atoms with Gasteiger partial charge in [-0.2, -0.15) is 4.98 Å². The second kappa shape index (κ2) is 7.30. The summed E-state index contributed by atoms with van der Waals surface area (Å²) in [6, 6.07) is 8.55. The molecule has 8 heteroatoms. The summed E-state index contributed by atoms with van der Waals surface area (Å²) in [6.07, 6.45) is 1.62. The van der Waals surface area contributed by atoms with Gasteiger partial charge in [-0.3, -0.25) is 9.59 Å². The fraction of sp³-hybridized carbons (Fsp3) is 0.278. The minimum Gasteiger partial charge on any atom is -0.339 e. The molecule has 0 aliphatic carbocycles. The molecule has 3 aromatic rings. The number of aromatic nitrogens is 4. The van der Waals surface area contributed by atoms with Crippen LogP contribution in [0.25, 0.3) is 5.78 Å². The fourth-order valence-corrected chi connectivity index (χ4v) is 2.58. The van der Waals surface area contributed by atoms with Gasteiger partial charge >= 0.3 is 0 Å². The highest BCUT2D eigenvalue weighted by molar-refractivity contribution is 6.02. The smallest absolute Gasteiger partial charge is 0.295 e. The van der Waals surface area contributed by atoms with Gasteiger partial charge in [0, 0.05) is 36.2 Å². The zero-order chi connectivity index (χ0) is 18.7. The van der Waals surface area contributed by atoms with Crippen molar-refractivity contribution in [3.8, 4) is 0 Å². The Bertz CT molecular complexity index is 944. The molecule has 26 heavy (non-hydrogen) atoms. The third-order valence-electron chi connectivity index (χ3n) is 4.07. The summed E-state index contributed by atoms with van der Waals surface area (Å²) in [7, 11) is 0. The van der Waals surface area contributed by atoms with Crippen LogP contribution < -0.4 is 5.32 Å². The summed E-state index contributed by atoms with van der Waals surface area (Å²) in [4.78, 5) is 34.6. The number of amides is 2. The van der Waals surface area contributed by atoms with Crippen molar-refractivity contribution < 1.29 is 9.59 Å². The normalized spacial score (nSPS) is 10.7. The lowest BCUT2D eigenvalue weighted by atomic mass is 10.1. The predicted octanol–water partition coefficient (Wildman–Crippen LogP) is 2.17. The molecule has 0 radical (unpaired) electrons. The number of anilines is 1. The van der Waals surface area contributed by atoms with Crippen molar-refractivity contribution in [3.05, 3.63) is 53.6 Å². The Hall–Kier alpha value is -3.29. The zero-order valence-electron chi connectivity index (χ0n) is 14.9. The molecule has 0 saturated heterocycles. The molecule has 3 rings (SSSR count). The molecular weight excluding hydrogens is 332 g/mol. The number of hydrogen-bond donors (Lipinski definition) is 1. The zero-order valence-corrected chi connectivity index (χ0v) is 14.9. The van der Waals surface area contributed by atoms with Gasteiger partial charge in [0.1, 0.15) is 0 Å². The van der Waals surface area contributed by atoms with Crippen LogP contribution in [0, 0.1) is 6.92 Å². The second-order valence-electron chi connectivity index (χ2n) is 5.74. The van der Waals surface area contributed by atoms with Crippen molar-refractivity contribution in [2.75, 3.05) is 18.4 Å². The average Bonchev–Trinajstić information content (AvgIpc) is 3.09. The maximum absolute atomic E-state index is 12.4. The number of benzene rings is 1. The molecule has 0 fully saturated rings. The monoisotopic (exact) mass is 352 g/mol. The molecule has 134 valence electrons. The standard InChI is InChI=1S/C18H20N6O2/c1-4-23(5-2)17(26)13-6-8-14(9-7-13)20-16(25)15-21-18-19-11-10-12(3)24(18)22-15/h6-11H,4-5H2,1-3H3,(H,20,25). The van der Waals surface area contributed by atoms with Crippen molar-refractivity contribution in [3.63, 3.8) is 0 Å². The van der Waals surface area contributed by atoms with Crippen LogP contribution in [0.15, 0.2) is 36.5 Å². The van der Waals surface area contributed by atoms with Crippen molar-refractivity contribution in [1.82, 2.24) is 24.5 Å². The SMILES string of the molecule is CCN(CC)C(=O)c1ccc(NC(=O)c2nc3nccc(C)n3n2)cc1. The second-order valence-corrected chi connectivity index (χ2v) is 5.74. The molecule has 0 aliphatic rings. The van der Waals surface area contributed by atoms with Crippen LogP contribution in [0.3, 0.4) is 0 Å². The molecule has 0 bridgehead atoms. The Balaban J connectivity index is 1.75. The molecule has 0 spiro atoms. The maximum atomic E-state index is 12.4. The molecular formula is C18H20N6O2. The number of hydrogen-bond acceptors (Lipinski definition) is 5. The van der Waals surface area contributed by atoms with E-state index < -0.39 is 5.91 Å². The number of rotatable bonds is 5. The van der Waals surface area contributed by atoms with Crippen LogP contribution >= 0.6 is 0 Å². The van der Waals surface area contributed by atoms with E-state index in [1.807, 2.05) is 20.8 Å². The number of carbonyl (C=O) groups excluding carboxylic acids is 2. The van der Waals surface area contributed by atoms with Gasteiger partial charge in [0.15, 0.2) is 0 Å². The summed E-state index contributed by atoms with van der Waals surface area (Å²) in [6.45, 7) is 7.04. The van der Waals surface area contributed by atoms with Crippen LogP contribution in [-0.4, -0.2) is 49.4 Å². The van der Waals surface area contributed by atoms with E-state index in [-0.39, 0.29) is 11.7 Å². The Morgan fingerprint density at radius 2 is 1.81 bits per heavy atom. The van der Waals surface area contributed by atoms with Crippen molar-refractivity contribution in [2.45, 2.75) is 20.8 Å². The van der Waals surface area contributed by atoms with Crippen molar-refractivity contribution >= 4 is 23.3 Å². The van der Waals surface area contributed by atoms with Crippen molar-refractivity contribution in [2.24, 2.45) is 0 Å². The number of carbonyl (C=O) groups is 2. The van der Waals surface area contributed by atoms with Gasteiger partial charge in [0.25, 0.3) is 17.6 Å². The van der Waals surface area contributed by atoms with Crippen LogP contribution in [0.2, 0.25) is 0 Å². The van der Waals surface area contributed by atoms with Crippen LogP contribution in [0.5, 0.6) is 0 Å². The summed E-state index contributed by atoms with van der Waals surface area (Å²) in [5.74, 6) is -0.0559. The summed E-state index contributed by atoms with van der Waals surface area (Å²) in [5, 5.41) is 6.90. The van der Waals surface area contributed by atoms with Crippen molar-refractivity contribution in [1.29, 1.82) is 0 Å². The van der Waals surface area contributed by atoms with E-state index >= 15 is 0 Å². The number of fused-ring (bicyclic) bond motifs is 1. The highest BCUT2D eigenvalue weighted by atomic mass is 16.2. The molecule has 2 amide bonds. The van der Waals surface area contributed by atoms with Gasteiger partial charge in [-0.15, -0.1) is 5.10 Å². The first kappa shape index (κ1) is 17.5. The summed E-state index contributed by atoms with van der Waals surface area (Å²) >= 11 is 0. The molecule has 1 N–H and O–H groups in total. The van der Waals surface area contributed by atoms with E-state index in [2.05, 4.69) is 20.4 Å². The lowest BCUT2D eigenvalue weighted by Gasteiger charge is -2.18. The van der Waals surface area contributed by atoms with Crippen LogP contribution in [0.1, 0.15) is 40.5 Å². The van der Waals surface area contributed by atoms with E-state index in [1.165, 1.54) is 4.52 Å². The third-order valence-corrected chi connectivity index (χ3v) is 4.07. The highest BCUT2D eigenvalue weighted by Crippen LogP contribution is 2.13. The van der Waals surface area contributed by atoms with Crippen LogP contribution in [-0.2, 0) is 0 Å². The number of aryl methyl sites for hydroxylation is 1. The first-order valence-electron chi connectivity index (χ1n) is 8.42. The van der Waals surface area contributed by atoms with Gasteiger partial charge in [-0.1, -0.05) is 0 Å². The minimum absolute atomic E-state index is 0.0311. The van der Waals surface area contributed by atoms with Gasteiger partial charge in [0.05, 0.1) is 0 Å². The van der Waals surface area contributed by atoms with Gasteiger partial charge in [-0.05, 0) is 51.1 Å². The molecule has 2 heterocycles. The largest absolute Gasteiger partial charge is 0.339 e. The first-order chi connectivity index (χ1) is 12.5. The van der Waals surface area contributed by atoms with Gasteiger partial charge in [-0.25, -0.2) is 9.50 Å². The summed E-state index contributed by atoms with van der Waals surface area (Å²) < 4.78 is 1.51. The van der Waals surface area contributed by atoms with E-state index in [1.54, 1.807) is 41.4 Å². The van der Waals surface area contributed by atoms with Crippen LogP contribution in [0.4, 0.5) is 5.69 Å². The Morgan fingerprint density at radius 3 is 2.42 bits per heavy atom. The lowest BCUT2D eigenvalue weighted by Crippen LogP contribution is -2.30. The number of nitrogens with one attached hydrogen (secondary N) is 1. The Labute approximate surface area is 150 Å². The third kappa shape index (κ3) is 3.39. The molecule has 0 unspecified atom stereocenters. The Morgan fingerprint density at radius 1 is 1.12 bits per heavy atom. The molecule has 8 nitrogen and oxygen atoms in total. The molecule has 0 aliphatic heterocycles. The topological polar surface area (TPSA) is 92.5 Å². The number of nitrogens with zero attached hydrogens (tertiary/aromatic N) is 5. The average molecular weight is 352 g/mol. The molecule has 1 aromatic carbocycles. The molecule has 0 atom stereocenters. The van der Waals surface area contributed by atoms with Gasteiger partial charge < -0.3 is 10.2 Å². The molecule has 0 saturated carbocycles. The van der Waals surface area contributed by atoms with E-state index in [9.17, 15) is 9.59 Å². The van der Waals surface area contributed by atoms with E-state index in [0.29, 0.717) is 30.1 Å². The summed E-state index contributed by atoms with van der Waals surface area (Å²) in [5.41, 5.74) is 1.98. The minimum atomic E-state index is -0.433. The first-order valence-corrected chi connectivity index (χ1v) is 8.42. The Kier molecular flexibility index (Phi) is 4.92. The fourth-order valence-electron chi connectivity index (χ4n) is 2.58. The maximum Gasteiger partial charge on any atom is 0.295 e. The quantitative estimate of drug-likeness (QED) is 0.760. The van der Waals surface area contributed by atoms with Gasteiger partial charge in [0.2, 0.25) is 5.82 Å².